The molecule has 5 nitrogen and oxygen atoms in total. The molecule has 26 heavy (non-hydrogen) atoms. The van der Waals surface area contributed by atoms with E-state index in [0.717, 1.165) is 38.2 Å². The number of anilines is 1. The molecule has 1 amide bonds. The van der Waals surface area contributed by atoms with Crippen LogP contribution in [0.3, 0.4) is 0 Å². The normalized spacial score (nSPS) is 21.2. The molecule has 5 heteroatoms. The minimum Gasteiger partial charge on any atom is -0.389 e. The van der Waals surface area contributed by atoms with Gasteiger partial charge in [-0.1, -0.05) is 30.3 Å². The van der Waals surface area contributed by atoms with Crippen LogP contribution in [-0.2, 0) is 0 Å². The van der Waals surface area contributed by atoms with Crippen LogP contribution in [0.25, 0.3) is 0 Å². The maximum atomic E-state index is 12.8. The second kappa shape index (κ2) is 7.46. The van der Waals surface area contributed by atoms with Crippen LogP contribution < -0.4 is 4.90 Å². The van der Waals surface area contributed by atoms with Crippen LogP contribution in [0.2, 0.25) is 0 Å². The van der Waals surface area contributed by atoms with E-state index in [1.54, 1.807) is 6.20 Å². The Kier molecular flexibility index (Phi) is 4.89. The molecule has 2 aromatic rings. The van der Waals surface area contributed by atoms with Gasteiger partial charge in [-0.25, -0.2) is 4.98 Å². The van der Waals surface area contributed by atoms with Crippen molar-refractivity contribution in [2.45, 2.75) is 31.3 Å². The molecule has 2 aliphatic rings. The number of aliphatic hydroxyl groups excluding tert-OH is 1. The van der Waals surface area contributed by atoms with Crippen molar-refractivity contribution in [2.75, 3.05) is 31.1 Å². The highest BCUT2D eigenvalue weighted by Crippen LogP contribution is 2.28. The molecule has 0 saturated carbocycles. The van der Waals surface area contributed by atoms with Crippen molar-refractivity contribution in [3.63, 3.8) is 0 Å². The lowest BCUT2D eigenvalue weighted by Gasteiger charge is -2.36. The van der Waals surface area contributed by atoms with Gasteiger partial charge >= 0.3 is 0 Å². The van der Waals surface area contributed by atoms with E-state index in [4.69, 9.17) is 0 Å². The number of carbonyl (C=O) groups excluding carboxylic acids is 1. The van der Waals surface area contributed by atoms with Crippen molar-refractivity contribution in [3.05, 3.63) is 59.8 Å². The molecule has 0 radical (unpaired) electrons. The minimum atomic E-state index is -0.257. The molecule has 0 aliphatic carbocycles. The Labute approximate surface area is 154 Å². The van der Waals surface area contributed by atoms with Crippen LogP contribution in [0.1, 0.15) is 41.1 Å². The van der Waals surface area contributed by atoms with Gasteiger partial charge in [0.25, 0.3) is 5.91 Å². The molecule has 136 valence electrons. The van der Waals surface area contributed by atoms with Gasteiger partial charge in [0.15, 0.2) is 0 Å². The molecule has 1 N–H and O–H groups in total. The van der Waals surface area contributed by atoms with Crippen molar-refractivity contribution >= 4 is 11.7 Å². The molecule has 0 unspecified atom stereocenters. The van der Waals surface area contributed by atoms with Crippen molar-refractivity contribution in [2.24, 2.45) is 0 Å². The summed E-state index contributed by atoms with van der Waals surface area (Å²) in [6, 6.07) is 14.3. The van der Waals surface area contributed by atoms with Crippen LogP contribution in [0.15, 0.2) is 48.7 Å². The maximum Gasteiger partial charge on any atom is 0.255 e. The standard InChI is InChI=1S/C21H25N3O2/c25-19-14-24(15-19)20-9-8-18(13-22-20)21(26)23-11-4-7-17(10-12-23)16-5-2-1-3-6-16/h1-3,5-6,8-9,13,17,19,25H,4,7,10-12,14-15H2/t17-/m1/s1. The second-order valence-electron chi connectivity index (χ2n) is 7.29. The average Bonchev–Trinajstić information content (AvgIpc) is 2.92. The third kappa shape index (κ3) is 3.58. The van der Waals surface area contributed by atoms with Gasteiger partial charge in [-0.3, -0.25) is 4.79 Å². The van der Waals surface area contributed by atoms with Crippen LogP contribution in [0.4, 0.5) is 5.82 Å². The fourth-order valence-electron chi connectivity index (χ4n) is 3.88. The number of nitrogens with zero attached hydrogens (tertiary/aromatic N) is 3. The maximum absolute atomic E-state index is 12.8. The first kappa shape index (κ1) is 17.0. The fourth-order valence-corrected chi connectivity index (χ4v) is 3.88. The topological polar surface area (TPSA) is 56.7 Å². The number of hydrogen-bond donors (Lipinski definition) is 1. The Morgan fingerprint density at radius 1 is 1.04 bits per heavy atom. The van der Waals surface area contributed by atoms with Gasteiger partial charge in [-0.15, -0.1) is 0 Å². The molecule has 0 bridgehead atoms. The number of aromatic nitrogens is 1. The number of β-amino-alcohol motifs (C(OH)–C–C–N with tert-alkyl or cyclic N) is 1. The lowest BCUT2D eigenvalue weighted by Crippen LogP contribution is -2.51. The molecule has 2 aliphatic heterocycles. The highest BCUT2D eigenvalue weighted by Gasteiger charge is 2.26. The lowest BCUT2D eigenvalue weighted by molar-refractivity contribution is 0.0760. The van der Waals surface area contributed by atoms with Crippen molar-refractivity contribution in [1.29, 1.82) is 0 Å². The van der Waals surface area contributed by atoms with E-state index in [1.165, 1.54) is 5.56 Å². The summed E-state index contributed by atoms with van der Waals surface area (Å²) in [4.78, 5) is 21.2. The Morgan fingerprint density at radius 2 is 1.85 bits per heavy atom. The van der Waals surface area contributed by atoms with Crippen LogP contribution >= 0.6 is 0 Å². The SMILES string of the molecule is O=C(c1ccc(N2CC(O)C2)nc1)N1CCC[C@@H](c2ccccc2)CC1. The summed E-state index contributed by atoms with van der Waals surface area (Å²) in [7, 11) is 0. The van der Waals surface area contributed by atoms with Crippen LogP contribution in [0, 0.1) is 0 Å². The van der Waals surface area contributed by atoms with Gasteiger partial charge in [0.05, 0.1) is 11.7 Å². The largest absolute Gasteiger partial charge is 0.389 e. The van der Waals surface area contributed by atoms with Crippen molar-refractivity contribution in [1.82, 2.24) is 9.88 Å². The third-order valence-corrected chi connectivity index (χ3v) is 5.47. The van der Waals surface area contributed by atoms with E-state index in [9.17, 15) is 9.90 Å². The summed E-state index contributed by atoms with van der Waals surface area (Å²) in [6.45, 7) is 2.83. The van der Waals surface area contributed by atoms with Crippen molar-refractivity contribution < 1.29 is 9.90 Å². The molecular weight excluding hydrogens is 326 g/mol. The van der Waals surface area contributed by atoms with Crippen molar-refractivity contribution in [3.8, 4) is 0 Å². The number of rotatable bonds is 3. The first-order chi connectivity index (χ1) is 12.7. The highest BCUT2D eigenvalue weighted by atomic mass is 16.3. The van der Waals surface area contributed by atoms with Gasteiger partial charge in [-0.05, 0) is 42.9 Å². The van der Waals surface area contributed by atoms with E-state index in [1.807, 2.05) is 28.0 Å². The predicted octanol–water partition coefficient (Wildman–Crippen LogP) is 2.67. The minimum absolute atomic E-state index is 0.0707. The summed E-state index contributed by atoms with van der Waals surface area (Å²) < 4.78 is 0. The van der Waals surface area contributed by atoms with Crippen LogP contribution in [-0.4, -0.2) is 53.2 Å². The molecule has 2 saturated heterocycles. The molecular formula is C21H25N3O2. The van der Waals surface area contributed by atoms with E-state index in [-0.39, 0.29) is 12.0 Å². The number of benzene rings is 1. The predicted molar refractivity (Wildman–Crippen MR) is 101 cm³/mol. The summed E-state index contributed by atoms with van der Waals surface area (Å²) in [5.41, 5.74) is 2.03. The molecule has 4 rings (SSSR count). The fraction of sp³-hybridized carbons (Fsp3) is 0.429. The average molecular weight is 351 g/mol. The Hall–Kier alpha value is -2.40. The zero-order valence-corrected chi connectivity index (χ0v) is 14.9. The number of pyridine rings is 1. The van der Waals surface area contributed by atoms with E-state index in [0.29, 0.717) is 24.6 Å². The summed E-state index contributed by atoms with van der Waals surface area (Å²) in [6.07, 6.45) is 4.58. The van der Waals surface area contributed by atoms with E-state index in [2.05, 4.69) is 29.2 Å². The van der Waals surface area contributed by atoms with Crippen LogP contribution in [0.5, 0.6) is 0 Å². The van der Waals surface area contributed by atoms with Gasteiger partial charge in [0.2, 0.25) is 0 Å². The first-order valence-electron chi connectivity index (χ1n) is 9.44. The van der Waals surface area contributed by atoms with Gasteiger partial charge in [-0.2, -0.15) is 0 Å². The van der Waals surface area contributed by atoms with Gasteiger partial charge in [0.1, 0.15) is 5.82 Å². The summed E-state index contributed by atoms with van der Waals surface area (Å²) in [5.74, 6) is 1.43. The van der Waals surface area contributed by atoms with Gasteiger partial charge < -0.3 is 14.9 Å². The first-order valence-corrected chi connectivity index (χ1v) is 9.44. The number of carbonyl (C=O) groups is 1. The quantitative estimate of drug-likeness (QED) is 0.924. The molecule has 3 heterocycles. The molecule has 1 aromatic heterocycles. The Bertz CT molecular complexity index is 742. The third-order valence-electron chi connectivity index (χ3n) is 5.47. The zero-order chi connectivity index (χ0) is 17.9. The number of aliphatic hydroxyl groups is 1. The zero-order valence-electron chi connectivity index (χ0n) is 14.9. The molecule has 1 atom stereocenters. The monoisotopic (exact) mass is 351 g/mol. The summed E-state index contributed by atoms with van der Waals surface area (Å²) in [5, 5.41) is 9.39. The molecule has 2 fully saturated rings. The highest BCUT2D eigenvalue weighted by molar-refractivity contribution is 5.94. The molecule has 1 aromatic carbocycles. The van der Waals surface area contributed by atoms with E-state index < -0.39 is 0 Å². The lowest BCUT2D eigenvalue weighted by atomic mass is 9.92. The van der Waals surface area contributed by atoms with Gasteiger partial charge in [0, 0.05) is 32.4 Å². The number of hydrogen-bond acceptors (Lipinski definition) is 4. The van der Waals surface area contributed by atoms with E-state index >= 15 is 0 Å². The molecule has 0 spiro atoms. The second-order valence-corrected chi connectivity index (χ2v) is 7.29. The number of amides is 1. The number of likely N-dealkylation sites (tertiary alicyclic amines) is 1. The Balaban J connectivity index is 1.39. The Morgan fingerprint density at radius 3 is 2.54 bits per heavy atom. The summed E-state index contributed by atoms with van der Waals surface area (Å²) >= 11 is 0. The smallest absolute Gasteiger partial charge is 0.255 e.